The van der Waals surface area contributed by atoms with Crippen LogP contribution in [0.2, 0.25) is 0 Å². The quantitative estimate of drug-likeness (QED) is 0.376. The fourth-order valence-electron chi connectivity index (χ4n) is 4.08. The van der Waals surface area contributed by atoms with Gasteiger partial charge in [-0.05, 0) is 49.2 Å². The van der Waals surface area contributed by atoms with Crippen LogP contribution in [0.3, 0.4) is 0 Å². The second kappa shape index (κ2) is 10.1. The highest BCUT2D eigenvalue weighted by molar-refractivity contribution is 6.46. The van der Waals surface area contributed by atoms with Gasteiger partial charge in [-0.15, -0.1) is 0 Å². The topological polar surface area (TPSA) is 60.9 Å². The molecule has 1 aliphatic heterocycles. The van der Waals surface area contributed by atoms with Gasteiger partial charge in [-0.2, -0.15) is 0 Å². The first-order valence-corrected chi connectivity index (χ1v) is 11.2. The van der Waals surface area contributed by atoms with Crippen LogP contribution in [0.1, 0.15) is 49.1 Å². The summed E-state index contributed by atoms with van der Waals surface area (Å²) < 4.78 is 14.2. The Kier molecular flexibility index (Phi) is 7.46. The maximum absolute atomic E-state index is 14.2. The number of aliphatic hydroxyl groups is 1. The number of hydrogen-bond acceptors (Lipinski definition) is 4. The zero-order chi connectivity index (χ0) is 23.4. The van der Waals surface area contributed by atoms with Crippen molar-refractivity contribution in [2.75, 3.05) is 26.2 Å². The first-order valence-electron chi connectivity index (χ1n) is 11.2. The summed E-state index contributed by atoms with van der Waals surface area (Å²) >= 11 is 0. The third-order valence-corrected chi connectivity index (χ3v) is 6.24. The molecule has 1 saturated heterocycles. The number of amides is 1. The largest absolute Gasteiger partial charge is 0.507 e. The molecule has 2 aromatic rings. The monoisotopic (exact) mass is 438 g/mol. The minimum atomic E-state index is -0.743. The number of hydrogen-bond donors (Lipinski definition) is 1. The van der Waals surface area contributed by atoms with Gasteiger partial charge in [-0.25, -0.2) is 4.39 Å². The maximum Gasteiger partial charge on any atom is 0.295 e. The fraction of sp³-hybridized carbons (Fsp3) is 0.385. The fourth-order valence-corrected chi connectivity index (χ4v) is 4.08. The highest BCUT2D eigenvalue weighted by Gasteiger charge is 2.46. The molecular weight excluding hydrogens is 407 g/mol. The highest BCUT2D eigenvalue weighted by Crippen LogP contribution is 2.39. The molecule has 1 N–H and O–H groups in total. The Hall–Kier alpha value is -2.99. The third kappa shape index (κ3) is 4.60. The predicted molar refractivity (Wildman–Crippen MR) is 124 cm³/mol. The molecule has 1 amide bonds. The SMILES string of the molecule is CCc1ccc(C2/C(=C(/O)c3ccc(C)c(F)c3)C(=O)C(=O)N2CCN(CC)CC)cc1. The normalized spacial score (nSPS) is 18.1. The van der Waals surface area contributed by atoms with E-state index in [-0.39, 0.29) is 16.9 Å². The molecule has 0 aromatic heterocycles. The summed E-state index contributed by atoms with van der Waals surface area (Å²) in [5.74, 6) is -2.21. The molecule has 1 fully saturated rings. The van der Waals surface area contributed by atoms with Crippen molar-refractivity contribution >= 4 is 17.4 Å². The molecule has 6 heteroatoms. The molecule has 1 atom stereocenters. The van der Waals surface area contributed by atoms with E-state index in [2.05, 4.69) is 11.8 Å². The van der Waals surface area contributed by atoms with Crippen molar-refractivity contribution in [1.82, 2.24) is 9.80 Å². The molecule has 0 aliphatic carbocycles. The van der Waals surface area contributed by atoms with Crippen molar-refractivity contribution in [3.05, 3.63) is 76.1 Å². The van der Waals surface area contributed by atoms with Crippen LogP contribution in [-0.2, 0) is 16.0 Å². The van der Waals surface area contributed by atoms with Crippen LogP contribution in [0.25, 0.3) is 5.76 Å². The Morgan fingerprint density at radius 2 is 1.72 bits per heavy atom. The molecule has 1 unspecified atom stereocenters. The van der Waals surface area contributed by atoms with E-state index in [9.17, 15) is 19.1 Å². The first kappa shape index (κ1) is 23.7. The standard InChI is InChI=1S/C26H31FN2O3/c1-5-18-9-12-19(13-10-18)23-22(24(30)20-11-8-17(4)21(27)16-20)25(31)26(32)29(23)15-14-28(6-2)7-3/h8-13,16,23,30H,5-7,14-15H2,1-4H3/b24-22-. The summed E-state index contributed by atoms with van der Waals surface area (Å²) in [6.45, 7) is 10.4. The van der Waals surface area contributed by atoms with E-state index >= 15 is 0 Å². The molecule has 3 rings (SSSR count). The second-order valence-corrected chi connectivity index (χ2v) is 8.08. The number of likely N-dealkylation sites (tertiary alicyclic amines) is 1. The summed E-state index contributed by atoms with van der Waals surface area (Å²) in [5, 5.41) is 11.0. The van der Waals surface area contributed by atoms with Gasteiger partial charge in [-0.3, -0.25) is 9.59 Å². The Labute approximate surface area is 189 Å². The van der Waals surface area contributed by atoms with Gasteiger partial charge >= 0.3 is 0 Å². The van der Waals surface area contributed by atoms with Gasteiger partial charge in [0.1, 0.15) is 11.6 Å². The van der Waals surface area contributed by atoms with E-state index in [0.29, 0.717) is 18.7 Å². The Morgan fingerprint density at radius 1 is 1.06 bits per heavy atom. The van der Waals surface area contributed by atoms with Crippen LogP contribution in [0.4, 0.5) is 4.39 Å². The molecule has 0 saturated carbocycles. The third-order valence-electron chi connectivity index (χ3n) is 6.24. The van der Waals surface area contributed by atoms with E-state index in [1.165, 1.54) is 11.0 Å². The molecule has 0 spiro atoms. The maximum atomic E-state index is 14.2. The van der Waals surface area contributed by atoms with Gasteiger partial charge in [0.25, 0.3) is 11.7 Å². The molecule has 0 radical (unpaired) electrons. The van der Waals surface area contributed by atoms with Gasteiger partial charge in [0, 0.05) is 18.7 Å². The Balaban J connectivity index is 2.11. The van der Waals surface area contributed by atoms with Crippen molar-refractivity contribution in [2.45, 2.75) is 40.2 Å². The van der Waals surface area contributed by atoms with Gasteiger partial charge < -0.3 is 14.9 Å². The van der Waals surface area contributed by atoms with E-state index < -0.39 is 23.5 Å². The van der Waals surface area contributed by atoms with Crippen LogP contribution in [0.5, 0.6) is 0 Å². The number of likely N-dealkylation sites (N-methyl/N-ethyl adjacent to an activating group) is 1. The minimum absolute atomic E-state index is 0.00190. The lowest BCUT2D eigenvalue weighted by Gasteiger charge is -2.28. The number of benzene rings is 2. The van der Waals surface area contributed by atoms with Crippen LogP contribution < -0.4 is 0 Å². The van der Waals surface area contributed by atoms with E-state index in [1.54, 1.807) is 19.1 Å². The molecule has 1 aliphatic rings. The number of aliphatic hydroxyl groups excluding tert-OH is 1. The molecule has 32 heavy (non-hydrogen) atoms. The average molecular weight is 439 g/mol. The second-order valence-electron chi connectivity index (χ2n) is 8.08. The van der Waals surface area contributed by atoms with Gasteiger partial charge in [-0.1, -0.05) is 57.2 Å². The van der Waals surface area contributed by atoms with Crippen molar-refractivity contribution in [3.63, 3.8) is 0 Å². The Morgan fingerprint density at radius 3 is 2.28 bits per heavy atom. The van der Waals surface area contributed by atoms with Gasteiger partial charge in [0.2, 0.25) is 0 Å². The summed E-state index contributed by atoms with van der Waals surface area (Å²) in [5.41, 5.74) is 2.50. The number of carbonyl (C=O) groups is 2. The number of Topliss-reactive ketones (excluding diaryl/α,β-unsaturated/α-hetero) is 1. The van der Waals surface area contributed by atoms with E-state index in [4.69, 9.17) is 0 Å². The smallest absolute Gasteiger partial charge is 0.295 e. The van der Waals surface area contributed by atoms with Crippen LogP contribution in [0.15, 0.2) is 48.0 Å². The Bertz CT molecular complexity index is 1030. The molecule has 170 valence electrons. The number of nitrogens with zero attached hydrogens (tertiary/aromatic N) is 2. The molecular formula is C26H31FN2O3. The number of rotatable bonds is 8. The zero-order valence-corrected chi connectivity index (χ0v) is 19.2. The zero-order valence-electron chi connectivity index (χ0n) is 19.2. The molecule has 2 aromatic carbocycles. The lowest BCUT2D eigenvalue weighted by molar-refractivity contribution is -0.140. The first-order chi connectivity index (χ1) is 15.3. The van der Waals surface area contributed by atoms with Gasteiger partial charge in [0.15, 0.2) is 0 Å². The van der Waals surface area contributed by atoms with E-state index in [0.717, 1.165) is 30.6 Å². The summed E-state index contributed by atoms with van der Waals surface area (Å²) in [6.07, 6.45) is 0.866. The van der Waals surface area contributed by atoms with Crippen molar-refractivity contribution in [3.8, 4) is 0 Å². The summed E-state index contributed by atoms with van der Waals surface area (Å²) in [6, 6.07) is 11.3. The predicted octanol–water partition coefficient (Wildman–Crippen LogP) is 4.46. The summed E-state index contributed by atoms with van der Waals surface area (Å²) in [4.78, 5) is 29.8. The lowest BCUT2D eigenvalue weighted by atomic mass is 9.94. The number of carbonyl (C=O) groups excluding carboxylic acids is 2. The van der Waals surface area contributed by atoms with Crippen LogP contribution >= 0.6 is 0 Å². The van der Waals surface area contributed by atoms with Crippen molar-refractivity contribution in [1.29, 1.82) is 0 Å². The van der Waals surface area contributed by atoms with Crippen molar-refractivity contribution < 1.29 is 19.1 Å². The lowest BCUT2D eigenvalue weighted by Crippen LogP contribution is -2.38. The number of aryl methyl sites for hydroxylation is 2. The number of ketones is 1. The van der Waals surface area contributed by atoms with Crippen LogP contribution in [-0.4, -0.2) is 52.8 Å². The molecule has 1 heterocycles. The number of halogens is 1. The highest BCUT2D eigenvalue weighted by atomic mass is 19.1. The average Bonchev–Trinajstić information content (AvgIpc) is 3.06. The van der Waals surface area contributed by atoms with Crippen molar-refractivity contribution in [2.24, 2.45) is 0 Å². The van der Waals surface area contributed by atoms with Gasteiger partial charge in [0.05, 0.1) is 11.6 Å². The molecule has 0 bridgehead atoms. The summed E-state index contributed by atoms with van der Waals surface area (Å²) in [7, 11) is 0. The van der Waals surface area contributed by atoms with E-state index in [1.807, 2.05) is 38.1 Å². The minimum Gasteiger partial charge on any atom is -0.507 e. The van der Waals surface area contributed by atoms with Crippen LogP contribution in [0, 0.1) is 12.7 Å². The molecule has 5 nitrogen and oxygen atoms in total.